The quantitative estimate of drug-likeness (QED) is 0.362. The number of H-pyrrole nitrogens is 1. The van der Waals surface area contributed by atoms with Crippen LogP contribution >= 0.6 is 0 Å². The first-order valence-electron chi connectivity index (χ1n) is 12.9. The van der Waals surface area contributed by atoms with Crippen LogP contribution in [0.25, 0.3) is 22.2 Å². The van der Waals surface area contributed by atoms with Gasteiger partial charge in [-0.25, -0.2) is 9.78 Å². The van der Waals surface area contributed by atoms with Crippen LogP contribution < -0.4 is 4.74 Å². The van der Waals surface area contributed by atoms with Crippen LogP contribution in [-0.2, 0) is 6.54 Å². The number of nitrogens with zero attached hydrogens (tertiary/aromatic N) is 3. The van der Waals surface area contributed by atoms with E-state index in [4.69, 9.17) is 4.74 Å². The average Bonchev–Trinajstić information content (AvgIpc) is 3.14. The van der Waals surface area contributed by atoms with Gasteiger partial charge in [-0.2, -0.15) is 0 Å². The zero-order chi connectivity index (χ0) is 24.6. The first-order valence-corrected chi connectivity index (χ1v) is 12.9. The van der Waals surface area contributed by atoms with E-state index >= 15 is 0 Å². The molecule has 0 radical (unpaired) electrons. The third-order valence-corrected chi connectivity index (χ3v) is 7.46. The van der Waals surface area contributed by atoms with Gasteiger partial charge in [-0.3, -0.25) is 0 Å². The van der Waals surface area contributed by atoms with Gasteiger partial charge in [-0.05, 0) is 79.6 Å². The third kappa shape index (κ3) is 4.21. The molecule has 1 atom stereocenters. The zero-order valence-corrected chi connectivity index (χ0v) is 21.0. The Hall–Kier alpha value is -3.80. The maximum absolute atomic E-state index is 13.9. The number of ether oxygens (including phenoxy) is 1. The van der Waals surface area contributed by atoms with Gasteiger partial charge in [-0.1, -0.05) is 36.4 Å². The molecule has 0 bridgehead atoms. The number of hydrogen-bond donors (Lipinski definition) is 1. The lowest BCUT2D eigenvalue weighted by Crippen LogP contribution is -2.47. The van der Waals surface area contributed by atoms with Gasteiger partial charge in [0.05, 0.1) is 30.2 Å². The number of urea groups is 1. The monoisotopic (exact) mass is 480 g/mol. The number of rotatable bonds is 2. The minimum absolute atomic E-state index is 0.109. The third-order valence-electron chi connectivity index (χ3n) is 7.46. The Labute approximate surface area is 211 Å². The van der Waals surface area contributed by atoms with E-state index < -0.39 is 0 Å². The molecular formula is C30H32N4O2. The molecule has 0 aliphatic carbocycles. The van der Waals surface area contributed by atoms with Crippen molar-refractivity contribution in [2.75, 3.05) is 19.7 Å². The van der Waals surface area contributed by atoms with Gasteiger partial charge in [0, 0.05) is 12.1 Å². The van der Waals surface area contributed by atoms with E-state index in [9.17, 15) is 4.79 Å². The Morgan fingerprint density at radius 3 is 2.72 bits per heavy atom. The summed E-state index contributed by atoms with van der Waals surface area (Å²) in [6.07, 6.45) is 3.21. The Bertz CT molecular complexity index is 1410. The number of imidazole rings is 1. The predicted octanol–water partition coefficient (Wildman–Crippen LogP) is 6.39. The molecule has 3 aromatic carbocycles. The number of aromatic nitrogens is 2. The van der Waals surface area contributed by atoms with E-state index in [1.54, 1.807) is 0 Å². The molecule has 184 valence electrons. The summed E-state index contributed by atoms with van der Waals surface area (Å²) in [5, 5.41) is 0. The topological polar surface area (TPSA) is 61.5 Å². The maximum Gasteiger partial charge on any atom is 0.320 e. The standard InChI is InChI=1S/C30H32N4O2/c1-20-16-24(23-11-12-26-27(18-23)32-21(2)31-26)17-25-19-33(14-15-36-29(20)25)30(35)34-13-7-6-10-28(34)22-8-4-3-5-9-22/h3-5,8-9,11-12,16-18,28H,6-7,10,13-15,19H2,1-2H3,(H,31,32)/t28-/m1/s1. The number of amides is 2. The molecule has 36 heavy (non-hydrogen) atoms. The van der Waals surface area contributed by atoms with Crippen molar-refractivity contribution in [1.82, 2.24) is 19.8 Å². The fourth-order valence-electron chi connectivity index (χ4n) is 5.72. The van der Waals surface area contributed by atoms with Crippen molar-refractivity contribution in [1.29, 1.82) is 0 Å². The van der Waals surface area contributed by atoms with Gasteiger partial charge in [0.2, 0.25) is 0 Å². The molecule has 0 saturated carbocycles. The van der Waals surface area contributed by atoms with Gasteiger partial charge >= 0.3 is 6.03 Å². The van der Waals surface area contributed by atoms with Gasteiger partial charge in [-0.15, -0.1) is 0 Å². The molecule has 1 saturated heterocycles. The first kappa shape index (κ1) is 22.7. The Morgan fingerprint density at radius 1 is 1.00 bits per heavy atom. The molecule has 1 fully saturated rings. The number of benzene rings is 3. The van der Waals surface area contributed by atoms with Gasteiger partial charge in [0.15, 0.2) is 0 Å². The highest BCUT2D eigenvalue weighted by molar-refractivity contribution is 5.82. The van der Waals surface area contributed by atoms with Crippen molar-refractivity contribution in [3.8, 4) is 16.9 Å². The number of aromatic amines is 1. The van der Waals surface area contributed by atoms with Crippen LogP contribution in [-0.4, -0.2) is 45.5 Å². The van der Waals surface area contributed by atoms with E-state index in [-0.39, 0.29) is 12.1 Å². The van der Waals surface area contributed by atoms with Crippen LogP contribution in [0.5, 0.6) is 5.75 Å². The summed E-state index contributed by atoms with van der Waals surface area (Å²) in [6.45, 7) is 6.49. The summed E-state index contributed by atoms with van der Waals surface area (Å²) in [4.78, 5) is 25.8. The maximum atomic E-state index is 13.9. The Balaban J connectivity index is 1.30. The molecule has 1 aromatic heterocycles. The van der Waals surface area contributed by atoms with Crippen molar-refractivity contribution < 1.29 is 9.53 Å². The molecular weight excluding hydrogens is 448 g/mol. The lowest BCUT2D eigenvalue weighted by molar-refractivity contribution is 0.110. The molecule has 0 unspecified atom stereocenters. The van der Waals surface area contributed by atoms with Crippen molar-refractivity contribution in [2.24, 2.45) is 0 Å². The highest BCUT2D eigenvalue weighted by atomic mass is 16.5. The fraction of sp³-hybridized carbons (Fsp3) is 0.333. The zero-order valence-electron chi connectivity index (χ0n) is 21.0. The van der Waals surface area contributed by atoms with Crippen LogP contribution in [0.2, 0.25) is 0 Å². The number of hydrogen-bond acceptors (Lipinski definition) is 3. The number of likely N-dealkylation sites (tertiary alicyclic amines) is 1. The summed E-state index contributed by atoms with van der Waals surface area (Å²) < 4.78 is 6.19. The second-order valence-electron chi connectivity index (χ2n) is 10.0. The summed E-state index contributed by atoms with van der Waals surface area (Å²) in [5.41, 5.74) is 7.63. The normalized spacial score (nSPS) is 18.0. The first-order chi connectivity index (χ1) is 17.6. The van der Waals surface area contributed by atoms with E-state index in [1.165, 1.54) is 5.56 Å². The molecule has 2 aliphatic rings. The molecule has 6 rings (SSSR count). The second kappa shape index (κ2) is 9.34. The number of piperidine rings is 1. The highest BCUT2D eigenvalue weighted by Gasteiger charge is 2.32. The van der Waals surface area contributed by atoms with E-state index in [0.29, 0.717) is 19.7 Å². The van der Waals surface area contributed by atoms with E-state index in [1.807, 2.05) is 17.9 Å². The van der Waals surface area contributed by atoms with Crippen molar-refractivity contribution in [3.05, 3.63) is 83.2 Å². The number of carbonyl (C=O) groups is 1. The van der Waals surface area contributed by atoms with Crippen LogP contribution in [0.15, 0.2) is 60.7 Å². The number of fused-ring (bicyclic) bond motifs is 2. The van der Waals surface area contributed by atoms with Gasteiger partial charge < -0.3 is 19.5 Å². The molecule has 2 aliphatic heterocycles. The average molecular weight is 481 g/mol. The highest BCUT2D eigenvalue weighted by Crippen LogP contribution is 2.36. The van der Waals surface area contributed by atoms with Crippen LogP contribution in [0.4, 0.5) is 4.79 Å². The predicted molar refractivity (Wildman–Crippen MR) is 142 cm³/mol. The minimum atomic E-state index is 0.109. The molecule has 6 heteroatoms. The number of nitrogens with one attached hydrogen (secondary N) is 1. The summed E-state index contributed by atoms with van der Waals surface area (Å²) in [6, 6.07) is 21.4. The van der Waals surface area contributed by atoms with Crippen LogP contribution in [0.1, 0.15) is 47.8 Å². The van der Waals surface area contributed by atoms with Crippen LogP contribution in [0.3, 0.4) is 0 Å². The van der Waals surface area contributed by atoms with E-state index in [2.05, 4.69) is 76.4 Å². The number of aryl methyl sites for hydroxylation is 2. The summed E-state index contributed by atoms with van der Waals surface area (Å²) in [7, 11) is 0. The van der Waals surface area contributed by atoms with Gasteiger partial charge in [0.25, 0.3) is 0 Å². The summed E-state index contributed by atoms with van der Waals surface area (Å²) in [5.74, 6) is 1.82. The van der Waals surface area contributed by atoms with Crippen molar-refractivity contribution >= 4 is 17.1 Å². The van der Waals surface area contributed by atoms with Crippen molar-refractivity contribution in [2.45, 2.75) is 45.7 Å². The molecule has 4 aromatic rings. The molecule has 0 spiro atoms. The Morgan fingerprint density at radius 2 is 1.86 bits per heavy atom. The summed E-state index contributed by atoms with van der Waals surface area (Å²) >= 11 is 0. The second-order valence-corrected chi connectivity index (χ2v) is 10.0. The Kier molecular flexibility index (Phi) is 5.88. The number of carbonyl (C=O) groups excluding carboxylic acids is 1. The van der Waals surface area contributed by atoms with Crippen LogP contribution in [0, 0.1) is 13.8 Å². The van der Waals surface area contributed by atoms with Crippen molar-refractivity contribution in [3.63, 3.8) is 0 Å². The lowest BCUT2D eigenvalue weighted by Gasteiger charge is -2.39. The molecule has 1 N–H and O–H groups in total. The molecule has 2 amide bonds. The smallest absolute Gasteiger partial charge is 0.320 e. The lowest BCUT2D eigenvalue weighted by atomic mass is 9.95. The SMILES string of the molecule is Cc1nc2ccc(-c3cc(C)c4c(c3)CN(C(=O)N3CCCC[C@@H]3c3ccccc3)CCO4)cc2[nH]1. The van der Waals surface area contributed by atoms with Gasteiger partial charge in [0.1, 0.15) is 18.2 Å². The largest absolute Gasteiger partial charge is 0.491 e. The van der Waals surface area contributed by atoms with E-state index in [0.717, 1.165) is 70.7 Å². The fourth-order valence-corrected chi connectivity index (χ4v) is 5.72. The molecule has 3 heterocycles. The molecule has 6 nitrogen and oxygen atoms in total. The minimum Gasteiger partial charge on any atom is -0.491 e.